The van der Waals surface area contributed by atoms with E-state index in [9.17, 15) is 0 Å². The highest BCUT2D eigenvalue weighted by atomic mass is 16.5. The Hall–Kier alpha value is -2.17. The fourth-order valence-electron chi connectivity index (χ4n) is 3.03. The number of guanidine groups is 1. The number of hydrogen-bond donors (Lipinski definition) is 2. The second kappa shape index (κ2) is 9.85. The van der Waals surface area contributed by atoms with E-state index in [1.807, 2.05) is 26.1 Å². The molecule has 0 aliphatic carbocycles. The van der Waals surface area contributed by atoms with Gasteiger partial charge in [0.05, 0.1) is 12.8 Å². The average molecular weight is 330 g/mol. The van der Waals surface area contributed by atoms with Gasteiger partial charge >= 0.3 is 0 Å². The number of nitrogens with one attached hydrogen (secondary N) is 2. The first-order valence-electron chi connectivity index (χ1n) is 8.74. The molecular formula is C19H30N4O. The summed E-state index contributed by atoms with van der Waals surface area (Å²) in [5, 5.41) is 6.93. The third-order valence-electron chi connectivity index (χ3n) is 4.25. The van der Waals surface area contributed by atoms with Crippen LogP contribution in [0.4, 0.5) is 5.69 Å². The van der Waals surface area contributed by atoms with E-state index in [2.05, 4.69) is 44.8 Å². The summed E-state index contributed by atoms with van der Waals surface area (Å²) in [7, 11) is 3.56. The molecule has 1 unspecified atom stereocenters. The van der Waals surface area contributed by atoms with Crippen molar-refractivity contribution in [1.29, 1.82) is 0 Å². The first-order chi connectivity index (χ1) is 11.8. The van der Waals surface area contributed by atoms with Crippen molar-refractivity contribution >= 4 is 11.6 Å². The van der Waals surface area contributed by atoms with Gasteiger partial charge in [0, 0.05) is 32.7 Å². The molecular weight excluding hydrogens is 300 g/mol. The van der Waals surface area contributed by atoms with Crippen LogP contribution < -0.4 is 20.3 Å². The molecule has 0 saturated carbocycles. The lowest BCUT2D eigenvalue weighted by Gasteiger charge is -2.36. The van der Waals surface area contributed by atoms with E-state index in [1.54, 1.807) is 7.11 Å². The second-order valence-corrected chi connectivity index (χ2v) is 5.96. The quantitative estimate of drug-likeness (QED) is 0.364. The topological polar surface area (TPSA) is 48.9 Å². The summed E-state index contributed by atoms with van der Waals surface area (Å²) in [4.78, 5) is 6.73. The smallest absolute Gasteiger partial charge is 0.191 e. The van der Waals surface area contributed by atoms with Gasteiger partial charge in [0.2, 0.25) is 0 Å². The highest BCUT2D eigenvalue weighted by molar-refractivity contribution is 5.80. The van der Waals surface area contributed by atoms with Crippen molar-refractivity contribution in [2.24, 2.45) is 4.99 Å². The Morgan fingerprint density at radius 1 is 1.42 bits per heavy atom. The summed E-state index contributed by atoms with van der Waals surface area (Å²) in [5.74, 6) is 1.82. The number of hydrogen-bond acceptors (Lipinski definition) is 3. The van der Waals surface area contributed by atoms with Crippen molar-refractivity contribution in [3.8, 4) is 5.75 Å². The van der Waals surface area contributed by atoms with Gasteiger partial charge in [-0.3, -0.25) is 4.99 Å². The molecule has 5 heteroatoms. The van der Waals surface area contributed by atoms with Crippen LogP contribution in [-0.2, 0) is 0 Å². The molecule has 1 atom stereocenters. The molecule has 132 valence electrons. The maximum Gasteiger partial charge on any atom is 0.191 e. The third-order valence-corrected chi connectivity index (χ3v) is 4.25. The van der Waals surface area contributed by atoms with Gasteiger partial charge in [-0.25, -0.2) is 0 Å². The number of anilines is 1. The van der Waals surface area contributed by atoms with Crippen LogP contribution in [0.2, 0.25) is 0 Å². The Balaban J connectivity index is 1.92. The maximum atomic E-state index is 5.51. The predicted molar refractivity (Wildman–Crippen MR) is 102 cm³/mol. The third kappa shape index (κ3) is 5.18. The minimum Gasteiger partial charge on any atom is -0.495 e. The highest BCUT2D eigenvalue weighted by Crippen LogP contribution is 2.29. The highest BCUT2D eigenvalue weighted by Gasteiger charge is 2.22. The summed E-state index contributed by atoms with van der Waals surface area (Å²) in [6, 6.07) is 8.62. The number of para-hydroxylation sites is 2. The lowest BCUT2D eigenvalue weighted by molar-refractivity contribution is 0.408. The SMILES string of the molecule is C/C=C/CCNC(=NC)NC1CCCN(c2ccccc2OC)C1. The van der Waals surface area contributed by atoms with E-state index >= 15 is 0 Å². The summed E-state index contributed by atoms with van der Waals surface area (Å²) in [6.45, 7) is 4.95. The number of piperidine rings is 1. The van der Waals surface area contributed by atoms with Crippen molar-refractivity contribution < 1.29 is 4.74 Å². The van der Waals surface area contributed by atoms with Crippen LogP contribution in [0.15, 0.2) is 41.4 Å². The molecule has 0 bridgehead atoms. The Kier molecular flexibility index (Phi) is 7.46. The molecule has 1 aliphatic heterocycles. The molecule has 2 rings (SSSR count). The van der Waals surface area contributed by atoms with E-state index in [-0.39, 0.29) is 0 Å². The molecule has 0 aromatic heterocycles. The fraction of sp³-hybridized carbons (Fsp3) is 0.526. The number of benzene rings is 1. The fourth-order valence-corrected chi connectivity index (χ4v) is 3.03. The van der Waals surface area contributed by atoms with E-state index in [0.717, 1.165) is 50.6 Å². The summed E-state index contributed by atoms with van der Waals surface area (Å²) < 4.78 is 5.51. The Bertz CT molecular complexity index is 556. The molecule has 1 aliphatic rings. The van der Waals surface area contributed by atoms with Crippen molar-refractivity contribution in [1.82, 2.24) is 10.6 Å². The molecule has 0 spiro atoms. The maximum absolute atomic E-state index is 5.51. The van der Waals surface area contributed by atoms with Crippen LogP contribution in [0, 0.1) is 0 Å². The Morgan fingerprint density at radius 2 is 2.25 bits per heavy atom. The number of nitrogens with zero attached hydrogens (tertiary/aromatic N) is 2. The van der Waals surface area contributed by atoms with Crippen LogP contribution in [0.1, 0.15) is 26.2 Å². The molecule has 1 aromatic rings. The van der Waals surface area contributed by atoms with Crippen molar-refractivity contribution in [2.45, 2.75) is 32.2 Å². The van der Waals surface area contributed by atoms with Crippen LogP contribution in [0.5, 0.6) is 5.75 Å². The first kappa shape index (κ1) is 18.2. The number of allylic oxidation sites excluding steroid dienone is 1. The van der Waals surface area contributed by atoms with Crippen molar-refractivity contribution in [3.63, 3.8) is 0 Å². The molecule has 24 heavy (non-hydrogen) atoms. The normalized spacial score (nSPS) is 18.7. The summed E-state index contributed by atoms with van der Waals surface area (Å²) in [5.41, 5.74) is 1.17. The van der Waals surface area contributed by atoms with Gasteiger partial charge in [0.15, 0.2) is 5.96 Å². The Morgan fingerprint density at radius 3 is 3.00 bits per heavy atom. The number of aliphatic imine (C=N–C) groups is 1. The van der Waals surface area contributed by atoms with Crippen LogP contribution >= 0.6 is 0 Å². The van der Waals surface area contributed by atoms with E-state index in [0.29, 0.717) is 6.04 Å². The molecule has 0 amide bonds. The summed E-state index contributed by atoms with van der Waals surface area (Å²) >= 11 is 0. The van der Waals surface area contributed by atoms with Gasteiger partial charge in [0.25, 0.3) is 0 Å². The Labute approximate surface area is 145 Å². The van der Waals surface area contributed by atoms with Gasteiger partial charge in [-0.2, -0.15) is 0 Å². The van der Waals surface area contributed by atoms with Crippen LogP contribution in [-0.4, -0.2) is 45.8 Å². The van der Waals surface area contributed by atoms with Gasteiger partial charge in [-0.15, -0.1) is 0 Å². The van der Waals surface area contributed by atoms with Gasteiger partial charge in [-0.1, -0.05) is 24.3 Å². The lowest BCUT2D eigenvalue weighted by atomic mass is 10.0. The molecule has 1 fully saturated rings. The zero-order valence-electron chi connectivity index (χ0n) is 15.1. The molecule has 1 saturated heterocycles. The minimum atomic E-state index is 0.386. The molecule has 2 N–H and O–H groups in total. The van der Waals surface area contributed by atoms with Gasteiger partial charge in [-0.05, 0) is 38.3 Å². The van der Waals surface area contributed by atoms with E-state index in [4.69, 9.17) is 4.74 Å². The van der Waals surface area contributed by atoms with E-state index < -0.39 is 0 Å². The van der Waals surface area contributed by atoms with Crippen molar-refractivity contribution in [3.05, 3.63) is 36.4 Å². The van der Waals surface area contributed by atoms with Crippen LogP contribution in [0.25, 0.3) is 0 Å². The zero-order valence-corrected chi connectivity index (χ0v) is 15.1. The van der Waals surface area contributed by atoms with Crippen LogP contribution in [0.3, 0.4) is 0 Å². The minimum absolute atomic E-state index is 0.386. The number of rotatable bonds is 6. The number of methoxy groups -OCH3 is 1. The largest absolute Gasteiger partial charge is 0.495 e. The molecule has 0 radical (unpaired) electrons. The summed E-state index contributed by atoms with van der Waals surface area (Å²) in [6.07, 6.45) is 7.55. The van der Waals surface area contributed by atoms with Gasteiger partial charge < -0.3 is 20.3 Å². The standard InChI is InChI=1S/C19H30N4O/c1-4-5-8-13-21-19(20-2)22-16-10-9-14-23(15-16)17-11-6-7-12-18(17)24-3/h4-7,11-12,16H,8-10,13-15H2,1-3H3,(H2,20,21,22)/b5-4+. The first-order valence-corrected chi connectivity index (χ1v) is 8.74. The molecule has 1 heterocycles. The molecule has 1 aromatic carbocycles. The average Bonchev–Trinajstić information content (AvgIpc) is 2.64. The lowest BCUT2D eigenvalue weighted by Crippen LogP contribution is -2.51. The number of ether oxygens (including phenoxy) is 1. The molecule has 5 nitrogen and oxygen atoms in total. The zero-order chi connectivity index (χ0) is 17.2. The van der Waals surface area contributed by atoms with Crippen molar-refractivity contribution in [2.75, 3.05) is 38.7 Å². The second-order valence-electron chi connectivity index (χ2n) is 5.96. The van der Waals surface area contributed by atoms with Gasteiger partial charge in [0.1, 0.15) is 5.75 Å². The van der Waals surface area contributed by atoms with E-state index in [1.165, 1.54) is 5.69 Å². The predicted octanol–water partition coefficient (Wildman–Crippen LogP) is 2.80. The monoisotopic (exact) mass is 330 g/mol.